The Morgan fingerprint density at radius 3 is 2.45 bits per heavy atom. The summed E-state index contributed by atoms with van der Waals surface area (Å²) in [7, 11) is 0. The number of aromatic hydroxyl groups is 2. The lowest BCUT2D eigenvalue weighted by atomic mass is 9.93. The zero-order valence-electron chi connectivity index (χ0n) is 18.7. The van der Waals surface area contributed by atoms with Crippen molar-refractivity contribution in [2.45, 2.75) is 25.7 Å². The minimum Gasteiger partial charge on any atom is -0.508 e. The van der Waals surface area contributed by atoms with Crippen LogP contribution in [0.4, 0.5) is 0 Å². The van der Waals surface area contributed by atoms with Gasteiger partial charge in [0.15, 0.2) is 0 Å². The van der Waals surface area contributed by atoms with Crippen LogP contribution in [0.25, 0.3) is 32.3 Å². The van der Waals surface area contributed by atoms with Gasteiger partial charge in [-0.25, -0.2) is 0 Å². The first-order valence-corrected chi connectivity index (χ1v) is 12.6. The van der Waals surface area contributed by atoms with Crippen molar-refractivity contribution in [2.75, 3.05) is 26.2 Å². The molecule has 0 unspecified atom stereocenters. The summed E-state index contributed by atoms with van der Waals surface area (Å²) in [5, 5.41) is 23.0. The first-order chi connectivity index (χ1) is 16.2. The Morgan fingerprint density at radius 2 is 1.64 bits per heavy atom. The fraction of sp³-hybridized carbons (Fsp3) is 0.286. The molecule has 5 heteroatoms. The maximum absolute atomic E-state index is 9.89. The molecule has 33 heavy (non-hydrogen) atoms. The minimum absolute atomic E-state index is 0.247. The van der Waals surface area contributed by atoms with Crippen LogP contribution < -0.4 is 4.74 Å². The Labute approximate surface area is 198 Å². The molecule has 0 aliphatic carbocycles. The molecule has 4 aromatic rings. The van der Waals surface area contributed by atoms with Gasteiger partial charge < -0.3 is 19.8 Å². The molecule has 2 N–H and O–H groups in total. The molecule has 0 bridgehead atoms. The molecule has 0 radical (unpaired) electrons. The molecule has 5 rings (SSSR count). The molecule has 170 valence electrons. The number of phenols is 2. The molecule has 3 aromatic carbocycles. The summed E-state index contributed by atoms with van der Waals surface area (Å²) >= 11 is 1.63. The highest BCUT2D eigenvalue weighted by atomic mass is 32.1. The first-order valence-electron chi connectivity index (χ1n) is 11.7. The van der Waals surface area contributed by atoms with Crippen molar-refractivity contribution < 1.29 is 14.9 Å². The van der Waals surface area contributed by atoms with Crippen LogP contribution in [0.2, 0.25) is 0 Å². The van der Waals surface area contributed by atoms with Crippen LogP contribution in [0.15, 0.2) is 66.0 Å². The summed E-state index contributed by atoms with van der Waals surface area (Å²) in [5.41, 5.74) is 4.25. The largest absolute Gasteiger partial charge is 0.508 e. The van der Waals surface area contributed by atoms with E-state index in [1.54, 1.807) is 29.5 Å². The van der Waals surface area contributed by atoms with Crippen LogP contribution in [0, 0.1) is 0 Å². The van der Waals surface area contributed by atoms with Gasteiger partial charge in [-0.3, -0.25) is 0 Å². The number of hydrogen-bond donors (Lipinski definition) is 2. The SMILES string of the molecule is Oc1ccc(-c2c(OCCCN3CCCCC3)cccc2-c2csc3cc(O)ccc23)cc1. The number of rotatable bonds is 7. The zero-order chi connectivity index (χ0) is 22.6. The Kier molecular flexibility index (Phi) is 6.51. The molecule has 4 nitrogen and oxygen atoms in total. The van der Waals surface area contributed by atoms with E-state index in [4.69, 9.17) is 4.74 Å². The lowest BCUT2D eigenvalue weighted by Gasteiger charge is -2.26. The molecule has 0 amide bonds. The topological polar surface area (TPSA) is 52.9 Å². The van der Waals surface area contributed by atoms with Gasteiger partial charge in [0.05, 0.1) is 6.61 Å². The third-order valence-corrected chi connectivity index (χ3v) is 7.30. The van der Waals surface area contributed by atoms with Crippen LogP contribution in [-0.4, -0.2) is 41.4 Å². The van der Waals surface area contributed by atoms with Crippen LogP contribution >= 0.6 is 11.3 Å². The van der Waals surface area contributed by atoms with E-state index in [0.717, 1.165) is 51.1 Å². The number of likely N-dealkylation sites (tertiary alicyclic amines) is 1. The van der Waals surface area contributed by atoms with Gasteiger partial charge in [-0.15, -0.1) is 11.3 Å². The maximum Gasteiger partial charge on any atom is 0.127 e. The van der Waals surface area contributed by atoms with Crippen LogP contribution in [0.5, 0.6) is 17.2 Å². The fourth-order valence-electron chi connectivity index (χ4n) is 4.68. The number of phenolic OH excluding ortho intramolecular Hbond substituents is 2. The number of benzene rings is 3. The molecular formula is C28H29NO3S. The van der Waals surface area contributed by atoms with Gasteiger partial charge in [0.1, 0.15) is 17.2 Å². The maximum atomic E-state index is 9.89. The summed E-state index contributed by atoms with van der Waals surface area (Å²) in [6.45, 7) is 4.15. The number of piperidine rings is 1. The molecule has 1 aliphatic heterocycles. The van der Waals surface area contributed by atoms with Crippen molar-refractivity contribution in [3.05, 3.63) is 66.0 Å². The zero-order valence-corrected chi connectivity index (χ0v) is 19.5. The molecular weight excluding hydrogens is 430 g/mol. The van der Waals surface area contributed by atoms with Crippen molar-refractivity contribution in [3.8, 4) is 39.5 Å². The predicted molar refractivity (Wildman–Crippen MR) is 136 cm³/mol. The van der Waals surface area contributed by atoms with E-state index in [2.05, 4.69) is 16.3 Å². The molecule has 1 aliphatic rings. The second-order valence-corrected chi connectivity index (χ2v) is 9.57. The highest BCUT2D eigenvalue weighted by molar-refractivity contribution is 7.17. The summed E-state index contributed by atoms with van der Waals surface area (Å²) in [6, 6.07) is 19.0. The van der Waals surface area contributed by atoms with E-state index in [-0.39, 0.29) is 11.5 Å². The smallest absolute Gasteiger partial charge is 0.127 e. The number of nitrogens with zero attached hydrogens (tertiary/aromatic N) is 1. The van der Waals surface area contributed by atoms with Crippen molar-refractivity contribution in [3.63, 3.8) is 0 Å². The Morgan fingerprint density at radius 1 is 0.848 bits per heavy atom. The Bertz CT molecular complexity index is 1230. The summed E-state index contributed by atoms with van der Waals surface area (Å²) < 4.78 is 7.41. The molecule has 0 spiro atoms. The average molecular weight is 460 g/mol. The van der Waals surface area contributed by atoms with Crippen LogP contribution in [0.1, 0.15) is 25.7 Å². The van der Waals surface area contributed by atoms with Gasteiger partial charge in [0.2, 0.25) is 0 Å². The normalized spacial score (nSPS) is 14.5. The monoisotopic (exact) mass is 459 g/mol. The second-order valence-electron chi connectivity index (χ2n) is 8.66. The summed E-state index contributed by atoms with van der Waals surface area (Å²) in [5.74, 6) is 1.38. The average Bonchev–Trinajstić information content (AvgIpc) is 3.26. The third kappa shape index (κ3) is 4.85. The second kappa shape index (κ2) is 9.86. The minimum atomic E-state index is 0.247. The molecule has 1 aromatic heterocycles. The number of fused-ring (bicyclic) bond motifs is 1. The van der Waals surface area contributed by atoms with E-state index < -0.39 is 0 Å². The summed E-state index contributed by atoms with van der Waals surface area (Å²) in [4.78, 5) is 2.54. The first kappa shape index (κ1) is 21.8. The lowest BCUT2D eigenvalue weighted by Crippen LogP contribution is -2.31. The van der Waals surface area contributed by atoms with Gasteiger partial charge in [0, 0.05) is 27.8 Å². The third-order valence-electron chi connectivity index (χ3n) is 6.36. The van der Waals surface area contributed by atoms with Crippen molar-refractivity contribution in [2.24, 2.45) is 0 Å². The van der Waals surface area contributed by atoms with Crippen molar-refractivity contribution in [1.29, 1.82) is 0 Å². The molecule has 1 fully saturated rings. The van der Waals surface area contributed by atoms with E-state index in [1.807, 2.05) is 36.4 Å². The molecule has 2 heterocycles. The predicted octanol–water partition coefficient (Wildman–Crippen LogP) is 6.90. The Balaban J connectivity index is 1.47. The quantitative estimate of drug-likeness (QED) is 0.295. The molecule has 0 saturated carbocycles. The van der Waals surface area contributed by atoms with E-state index in [1.165, 1.54) is 32.4 Å². The van der Waals surface area contributed by atoms with Crippen LogP contribution in [0.3, 0.4) is 0 Å². The van der Waals surface area contributed by atoms with Gasteiger partial charge >= 0.3 is 0 Å². The van der Waals surface area contributed by atoms with Crippen LogP contribution in [-0.2, 0) is 0 Å². The Hall–Kier alpha value is -3.02. The van der Waals surface area contributed by atoms with Gasteiger partial charge in [-0.2, -0.15) is 0 Å². The number of hydrogen-bond acceptors (Lipinski definition) is 5. The molecule has 0 atom stereocenters. The van der Waals surface area contributed by atoms with Gasteiger partial charge in [0.25, 0.3) is 0 Å². The van der Waals surface area contributed by atoms with Gasteiger partial charge in [-0.05, 0) is 85.3 Å². The standard InChI is InChI=1S/C28H29NO3S/c30-21-10-8-20(9-11-21)28-24(25-19-33-27-18-22(31)12-13-23(25)27)6-4-7-26(28)32-17-5-16-29-14-2-1-3-15-29/h4,6-13,18-19,30-31H,1-3,5,14-17H2. The van der Waals surface area contributed by atoms with E-state index in [0.29, 0.717) is 6.61 Å². The summed E-state index contributed by atoms with van der Waals surface area (Å²) in [6.07, 6.45) is 4.97. The highest BCUT2D eigenvalue weighted by Crippen LogP contribution is 2.44. The van der Waals surface area contributed by atoms with Gasteiger partial charge in [-0.1, -0.05) is 30.7 Å². The van der Waals surface area contributed by atoms with E-state index >= 15 is 0 Å². The highest BCUT2D eigenvalue weighted by Gasteiger charge is 2.17. The number of thiophene rings is 1. The van der Waals surface area contributed by atoms with Crippen molar-refractivity contribution >= 4 is 21.4 Å². The number of ether oxygens (including phenoxy) is 1. The molecule has 1 saturated heterocycles. The fourth-order valence-corrected chi connectivity index (χ4v) is 5.67. The van der Waals surface area contributed by atoms with E-state index in [9.17, 15) is 10.2 Å². The van der Waals surface area contributed by atoms with Crippen molar-refractivity contribution in [1.82, 2.24) is 4.90 Å². The lowest BCUT2D eigenvalue weighted by molar-refractivity contribution is 0.205.